The molecule has 0 aliphatic heterocycles. The molecule has 32 heavy (non-hydrogen) atoms. The lowest BCUT2D eigenvalue weighted by atomic mass is 10.1. The van der Waals surface area contributed by atoms with E-state index in [4.69, 9.17) is 0 Å². The molecule has 0 radical (unpaired) electrons. The van der Waals surface area contributed by atoms with E-state index >= 15 is 0 Å². The Kier molecular flexibility index (Phi) is 7.70. The highest BCUT2D eigenvalue weighted by Gasteiger charge is 2.14. The number of para-hydroxylation sites is 1. The largest absolute Gasteiger partial charge is 0.507 e. The maximum atomic E-state index is 12.8. The fourth-order valence-electron chi connectivity index (χ4n) is 2.84. The van der Waals surface area contributed by atoms with Crippen LogP contribution in [0.4, 0.5) is 0 Å². The molecule has 3 aromatic carbocycles. The van der Waals surface area contributed by atoms with Gasteiger partial charge in [-0.3, -0.25) is 9.59 Å². The van der Waals surface area contributed by atoms with E-state index in [0.29, 0.717) is 11.1 Å². The van der Waals surface area contributed by atoms with Gasteiger partial charge in [-0.15, -0.1) is 0 Å². The van der Waals surface area contributed by atoms with Crippen LogP contribution in [0.5, 0.6) is 5.75 Å². The zero-order valence-corrected chi connectivity index (χ0v) is 17.5. The second-order valence-electron chi connectivity index (χ2n) is 6.94. The first-order valence-corrected chi connectivity index (χ1v) is 9.96. The second kappa shape index (κ2) is 11.1. The zero-order valence-electron chi connectivity index (χ0n) is 17.5. The number of phenolic OH excluding ortho intramolecular Hbond substituents is 1. The van der Waals surface area contributed by atoms with E-state index in [1.54, 1.807) is 54.6 Å². The lowest BCUT2D eigenvalue weighted by Crippen LogP contribution is -2.33. The fraction of sp³-hybridized carbons (Fsp3) is 0.0385. The van der Waals surface area contributed by atoms with Crippen LogP contribution in [0.1, 0.15) is 28.4 Å². The van der Waals surface area contributed by atoms with Crippen LogP contribution in [0, 0.1) is 0 Å². The fourth-order valence-corrected chi connectivity index (χ4v) is 2.84. The normalized spacial score (nSPS) is 11.9. The van der Waals surface area contributed by atoms with Crippen LogP contribution < -0.4 is 10.7 Å². The van der Waals surface area contributed by atoms with Gasteiger partial charge in [-0.25, -0.2) is 5.43 Å². The second-order valence-corrected chi connectivity index (χ2v) is 6.94. The molecule has 2 amide bonds. The highest BCUT2D eigenvalue weighted by atomic mass is 16.3. The van der Waals surface area contributed by atoms with E-state index < -0.39 is 11.8 Å². The Hall–Kier alpha value is -4.45. The summed E-state index contributed by atoms with van der Waals surface area (Å²) in [6, 6.07) is 24.9. The van der Waals surface area contributed by atoms with Gasteiger partial charge in [-0.05, 0) is 48.4 Å². The number of rotatable bonds is 7. The molecular weight excluding hydrogens is 402 g/mol. The Morgan fingerprint density at radius 3 is 2.19 bits per heavy atom. The monoisotopic (exact) mass is 425 g/mol. The molecule has 0 aliphatic rings. The third kappa shape index (κ3) is 6.53. The third-order valence-electron chi connectivity index (χ3n) is 4.40. The minimum absolute atomic E-state index is 0.0398. The first kappa shape index (κ1) is 22.2. The van der Waals surface area contributed by atoms with E-state index in [1.165, 1.54) is 12.3 Å². The Morgan fingerprint density at radius 2 is 1.50 bits per heavy atom. The highest BCUT2D eigenvalue weighted by molar-refractivity contribution is 6.03. The van der Waals surface area contributed by atoms with Crippen LogP contribution in [0.3, 0.4) is 0 Å². The van der Waals surface area contributed by atoms with E-state index in [0.717, 1.165) is 11.1 Å². The standard InChI is InChI=1S/C26H23N3O3/c1-19(16-20-10-4-2-5-11-20)17-23(28-25(31)21-12-6-3-7-13-21)26(32)29-27-18-22-14-8-9-15-24(22)30/h2-18,30H,1H3,(H,28,31)(H,29,32). The molecule has 0 spiro atoms. The van der Waals surface area contributed by atoms with Crippen LogP contribution >= 0.6 is 0 Å². The van der Waals surface area contributed by atoms with Crippen molar-refractivity contribution in [3.05, 3.63) is 119 Å². The first-order valence-electron chi connectivity index (χ1n) is 9.96. The summed E-state index contributed by atoms with van der Waals surface area (Å²) >= 11 is 0. The van der Waals surface area contributed by atoms with Crippen molar-refractivity contribution in [2.45, 2.75) is 6.92 Å². The number of nitrogens with zero attached hydrogens (tertiary/aromatic N) is 1. The molecule has 0 aromatic heterocycles. The number of hydrogen-bond acceptors (Lipinski definition) is 4. The van der Waals surface area contributed by atoms with Gasteiger partial charge in [0.1, 0.15) is 11.4 Å². The molecule has 0 saturated carbocycles. The van der Waals surface area contributed by atoms with Crippen molar-refractivity contribution in [1.82, 2.24) is 10.7 Å². The number of allylic oxidation sites excluding steroid dienone is 2. The summed E-state index contributed by atoms with van der Waals surface area (Å²) in [6.07, 6.45) is 4.81. The molecule has 6 nitrogen and oxygen atoms in total. The van der Waals surface area contributed by atoms with E-state index in [-0.39, 0.29) is 11.4 Å². The zero-order chi connectivity index (χ0) is 22.8. The maximum Gasteiger partial charge on any atom is 0.287 e. The Balaban J connectivity index is 1.82. The van der Waals surface area contributed by atoms with Gasteiger partial charge in [0.25, 0.3) is 11.8 Å². The molecule has 3 aromatic rings. The summed E-state index contributed by atoms with van der Waals surface area (Å²) in [5, 5.41) is 16.4. The summed E-state index contributed by atoms with van der Waals surface area (Å²) in [7, 11) is 0. The Bertz CT molecular complexity index is 1170. The van der Waals surface area contributed by atoms with Crippen molar-refractivity contribution in [2.24, 2.45) is 5.10 Å². The number of amides is 2. The number of benzene rings is 3. The highest BCUT2D eigenvalue weighted by Crippen LogP contribution is 2.13. The Labute approximate surface area is 186 Å². The number of phenols is 1. The number of hydrazone groups is 1. The molecule has 0 atom stereocenters. The molecule has 3 N–H and O–H groups in total. The van der Waals surface area contributed by atoms with Gasteiger partial charge in [-0.2, -0.15) is 5.10 Å². The number of aromatic hydroxyl groups is 1. The molecule has 0 unspecified atom stereocenters. The van der Waals surface area contributed by atoms with Crippen LogP contribution in [0.25, 0.3) is 6.08 Å². The number of hydrogen-bond donors (Lipinski definition) is 3. The smallest absolute Gasteiger partial charge is 0.287 e. The van der Waals surface area contributed by atoms with Crippen LogP contribution in [0.2, 0.25) is 0 Å². The molecular formula is C26H23N3O3. The predicted octanol–water partition coefficient (Wildman–Crippen LogP) is 4.26. The average molecular weight is 425 g/mol. The van der Waals surface area contributed by atoms with Crippen molar-refractivity contribution < 1.29 is 14.7 Å². The molecule has 0 heterocycles. The molecule has 0 fully saturated rings. The lowest BCUT2D eigenvalue weighted by molar-refractivity contribution is -0.117. The van der Waals surface area contributed by atoms with Gasteiger partial charge < -0.3 is 10.4 Å². The van der Waals surface area contributed by atoms with Crippen molar-refractivity contribution in [3.8, 4) is 5.75 Å². The summed E-state index contributed by atoms with van der Waals surface area (Å²) in [5.41, 5.74) is 5.04. The van der Waals surface area contributed by atoms with E-state index in [9.17, 15) is 14.7 Å². The van der Waals surface area contributed by atoms with Gasteiger partial charge in [0.05, 0.1) is 6.21 Å². The van der Waals surface area contributed by atoms with E-state index in [1.807, 2.05) is 43.3 Å². The summed E-state index contributed by atoms with van der Waals surface area (Å²) in [6.45, 7) is 1.83. The topological polar surface area (TPSA) is 90.8 Å². The van der Waals surface area contributed by atoms with Crippen LogP contribution in [-0.2, 0) is 4.79 Å². The molecule has 0 aliphatic carbocycles. The minimum Gasteiger partial charge on any atom is -0.507 e. The molecule has 0 bridgehead atoms. The van der Waals surface area contributed by atoms with Crippen molar-refractivity contribution in [2.75, 3.05) is 0 Å². The SMILES string of the molecule is CC(=Cc1ccccc1)C=C(NC(=O)c1ccccc1)C(=O)NN=Cc1ccccc1O. The van der Waals surface area contributed by atoms with Crippen molar-refractivity contribution >= 4 is 24.1 Å². The predicted molar refractivity (Wildman–Crippen MR) is 126 cm³/mol. The van der Waals surface area contributed by atoms with Crippen LogP contribution in [0.15, 0.2) is 107 Å². The summed E-state index contributed by atoms with van der Waals surface area (Å²) in [4.78, 5) is 25.4. The molecule has 0 saturated heterocycles. The summed E-state index contributed by atoms with van der Waals surface area (Å²) in [5.74, 6) is -0.966. The molecule has 3 rings (SSSR count). The van der Waals surface area contributed by atoms with Crippen LogP contribution in [-0.4, -0.2) is 23.1 Å². The van der Waals surface area contributed by atoms with Crippen molar-refractivity contribution in [3.63, 3.8) is 0 Å². The summed E-state index contributed by atoms with van der Waals surface area (Å²) < 4.78 is 0. The molecule has 160 valence electrons. The van der Waals surface area contributed by atoms with Gasteiger partial charge in [0, 0.05) is 11.1 Å². The molecule has 6 heteroatoms. The van der Waals surface area contributed by atoms with E-state index in [2.05, 4.69) is 15.8 Å². The van der Waals surface area contributed by atoms with Gasteiger partial charge in [-0.1, -0.05) is 66.7 Å². The maximum absolute atomic E-state index is 12.8. The first-order chi connectivity index (χ1) is 15.5. The third-order valence-corrected chi connectivity index (χ3v) is 4.40. The number of nitrogens with one attached hydrogen (secondary N) is 2. The van der Waals surface area contributed by atoms with Crippen molar-refractivity contribution in [1.29, 1.82) is 0 Å². The Morgan fingerprint density at radius 1 is 0.875 bits per heavy atom. The lowest BCUT2D eigenvalue weighted by Gasteiger charge is -2.09. The quantitative estimate of drug-likeness (QED) is 0.229. The minimum atomic E-state index is -0.596. The van der Waals surface area contributed by atoms with Gasteiger partial charge in [0.2, 0.25) is 0 Å². The van der Waals surface area contributed by atoms with Gasteiger partial charge >= 0.3 is 0 Å². The average Bonchev–Trinajstić information content (AvgIpc) is 2.81. The van der Waals surface area contributed by atoms with Gasteiger partial charge in [0.15, 0.2) is 0 Å². The number of carbonyl (C=O) groups is 2. The number of carbonyl (C=O) groups excluding carboxylic acids is 2.